The summed E-state index contributed by atoms with van der Waals surface area (Å²) in [5, 5.41) is 5.50. The molecule has 0 fully saturated rings. The Bertz CT molecular complexity index is 811. The first-order chi connectivity index (χ1) is 11.4. The average molecular weight is 408 g/mol. The van der Waals surface area contributed by atoms with Gasteiger partial charge in [0.25, 0.3) is 5.91 Å². The molecule has 4 N–H and O–H groups in total. The smallest absolute Gasteiger partial charge is 0.257 e. The second kappa shape index (κ2) is 7.89. The highest BCUT2D eigenvalue weighted by Crippen LogP contribution is 2.25. The van der Waals surface area contributed by atoms with Crippen molar-refractivity contribution in [3.8, 4) is 5.75 Å². The van der Waals surface area contributed by atoms with Crippen LogP contribution in [0.5, 0.6) is 5.75 Å². The number of benzene rings is 2. The zero-order chi connectivity index (χ0) is 17.7. The topological polar surface area (TPSA) is 93.4 Å². The number of hydrogen-bond donors (Lipinski definition) is 3. The molecule has 2 aromatic rings. The number of anilines is 1. The van der Waals surface area contributed by atoms with Crippen LogP contribution in [0.3, 0.4) is 0 Å². The van der Waals surface area contributed by atoms with E-state index in [4.69, 9.17) is 22.7 Å². The van der Waals surface area contributed by atoms with Crippen molar-refractivity contribution in [2.75, 3.05) is 12.4 Å². The molecule has 2 rings (SSSR count). The van der Waals surface area contributed by atoms with Gasteiger partial charge in [-0.25, -0.2) is 0 Å². The Morgan fingerprint density at radius 2 is 1.92 bits per heavy atom. The zero-order valence-corrected chi connectivity index (χ0v) is 15.0. The molecule has 0 aromatic heterocycles. The van der Waals surface area contributed by atoms with Gasteiger partial charge in [-0.1, -0.05) is 6.07 Å². The largest absolute Gasteiger partial charge is 0.496 e. The van der Waals surface area contributed by atoms with E-state index < -0.39 is 5.91 Å². The van der Waals surface area contributed by atoms with Crippen molar-refractivity contribution in [2.24, 2.45) is 5.73 Å². The summed E-state index contributed by atoms with van der Waals surface area (Å²) in [6.07, 6.45) is 0. The lowest BCUT2D eigenvalue weighted by molar-refractivity contribution is 0.0974. The van der Waals surface area contributed by atoms with Gasteiger partial charge in [-0.3, -0.25) is 14.9 Å². The predicted molar refractivity (Wildman–Crippen MR) is 99.3 cm³/mol. The quantitative estimate of drug-likeness (QED) is 0.677. The Kier molecular flexibility index (Phi) is 5.88. The summed E-state index contributed by atoms with van der Waals surface area (Å²) in [6, 6.07) is 11.4. The van der Waals surface area contributed by atoms with Gasteiger partial charge < -0.3 is 15.8 Å². The third-order valence-electron chi connectivity index (χ3n) is 3.05. The second-order valence-electron chi connectivity index (χ2n) is 4.70. The zero-order valence-electron chi connectivity index (χ0n) is 12.6. The van der Waals surface area contributed by atoms with E-state index in [1.165, 1.54) is 0 Å². The minimum Gasteiger partial charge on any atom is -0.496 e. The molecule has 24 heavy (non-hydrogen) atoms. The first kappa shape index (κ1) is 17.9. The third-order valence-corrected chi connectivity index (χ3v) is 3.87. The van der Waals surface area contributed by atoms with E-state index in [1.54, 1.807) is 49.6 Å². The normalized spacial score (nSPS) is 9.92. The van der Waals surface area contributed by atoms with Gasteiger partial charge in [0.1, 0.15) is 5.75 Å². The number of hydrogen-bond acceptors (Lipinski definition) is 4. The lowest BCUT2D eigenvalue weighted by atomic mass is 10.2. The van der Waals surface area contributed by atoms with E-state index in [2.05, 4.69) is 26.6 Å². The summed E-state index contributed by atoms with van der Waals surface area (Å²) in [4.78, 5) is 23.4. The van der Waals surface area contributed by atoms with Crippen LogP contribution in [0.15, 0.2) is 46.9 Å². The van der Waals surface area contributed by atoms with E-state index >= 15 is 0 Å². The lowest BCUT2D eigenvalue weighted by Crippen LogP contribution is -2.34. The molecule has 0 saturated heterocycles. The number of carbonyl (C=O) groups excluding carboxylic acids is 2. The second-order valence-corrected chi connectivity index (χ2v) is 5.97. The fourth-order valence-corrected chi connectivity index (χ4v) is 2.65. The molecule has 0 heterocycles. The van der Waals surface area contributed by atoms with Gasteiger partial charge >= 0.3 is 0 Å². The minimum absolute atomic E-state index is 0.105. The number of nitrogens with one attached hydrogen (secondary N) is 2. The maximum Gasteiger partial charge on any atom is 0.257 e. The third kappa shape index (κ3) is 4.53. The number of rotatable bonds is 4. The summed E-state index contributed by atoms with van der Waals surface area (Å²) in [7, 11) is 1.54. The van der Waals surface area contributed by atoms with Crippen molar-refractivity contribution in [2.45, 2.75) is 0 Å². The molecule has 124 valence electrons. The molecule has 0 unspecified atom stereocenters. The van der Waals surface area contributed by atoms with Crippen molar-refractivity contribution >= 4 is 50.8 Å². The molecule has 0 aliphatic carbocycles. The molecule has 2 aromatic carbocycles. The fourth-order valence-electron chi connectivity index (χ4n) is 1.90. The van der Waals surface area contributed by atoms with Crippen LogP contribution in [0.1, 0.15) is 20.7 Å². The van der Waals surface area contributed by atoms with Crippen molar-refractivity contribution < 1.29 is 14.3 Å². The van der Waals surface area contributed by atoms with Crippen LogP contribution < -0.4 is 21.1 Å². The summed E-state index contributed by atoms with van der Waals surface area (Å²) >= 11 is 8.43. The van der Waals surface area contributed by atoms with Crippen molar-refractivity contribution in [1.82, 2.24) is 5.32 Å². The molecule has 2 amide bonds. The number of halogens is 1. The van der Waals surface area contributed by atoms with Gasteiger partial charge in [0.15, 0.2) is 5.11 Å². The van der Waals surface area contributed by atoms with Crippen LogP contribution in [-0.4, -0.2) is 24.0 Å². The molecule has 0 aliphatic rings. The monoisotopic (exact) mass is 407 g/mol. The van der Waals surface area contributed by atoms with Gasteiger partial charge in [-0.15, -0.1) is 0 Å². The highest BCUT2D eigenvalue weighted by molar-refractivity contribution is 9.10. The van der Waals surface area contributed by atoms with Gasteiger partial charge in [-0.05, 0) is 64.5 Å². The molecule has 0 saturated carbocycles. The fraction of sp³-hybridized carbons (Fsp3) is 0.0625. The maximum absolute atomic E-state index is 12.2. The minimum atomic E-state index is -0.545. The van der Waals surface area contributed by atoms with E-state index in [9.17, 15) is 9.59 Å². The van der Waals surface area contributed by atoms with Gasteiger partial charge in [0, 0.05) is 16.8 Å². The number of primary amides is 1. The number of methoxy groups -OCH3 is 1. The Morgan fingerprint density at radius 3 is 2.54 bits per heavy atom. The predicted octanol–water partition coefficient (Wildman–Crippen LogP) is 2.68. The number of nitrogens with two attached hydrogens (primary N) is 1. The van der Waals surface area contributed by atoms with Crippen LogP contribution >= 0.6 is 28.1 Å². The van der Waals surface area contributed by atoms with Gasteiger partial charge in [-0.2, -0.15) is 0 Å². The average Bonchev–Trinajstić information content (AvgIpc) is 2.54. The first-order valence-electron chi connectivity index (χ1n) is 6.76. The van der Waals surface area contributed by atoms with Gasteiger partial charge in [0.2, 0.25) is 5.91 Å². The molecule has 0 bridgehead atoms. The first-order valence-corrected chi connectivity index (χ1v) is 7.96. The Hall–Kier alpha value is -2.45. The molecule has 0 spiro atoms. The summed E-state index contributed by atoms with van der Waals surface area (Å²) in [6.45, 7) is 0. The Morgan fingerprint density at radius 1 is 1.17 bits per heavy atom. The summed E-state index contributed by atoms with van der Waals surface area (Å²) < 4.78 is 5.77. The summed E-state index contributed by atoms with van der Waals surface area (Å²) in [5.74, 6) is -0.297. The summed E-state index contributed by atoms with van der Waals surface area (Å²) in [5.41, 5.74) is 6.53. The molecule has 0 radical (unpaired) electrons. The van der Waals surface area contributed by atoms with Crippen molar-refractivity contribution in [3.63, 3.8) is 0 Å². The standard InChI is InChI=1S/C16H14BrN3O3S/c1-23-13-6-5-10(8-12(13)17)15(22)20-16(24)19-11-4-2-3-9(7-11)14(18)21/h2-8H,1H3,(H2,18,21)(H2,19,20,22,24). The Labute approximate surface area is 152 Å². The van der Waals surface area contributed by atoms with Crippen LogP contribution in [0.2, 0.25) is 0 Å². The molecule has 8 heteroatoms. The highest BCUT2D eigenvalue weighted by atomic mass is 79.9. The van der Waals surface area contributed by atoms with Gasteiger partial charge in [0.05, 0.1) is 11.6 Å². The van der Waals surface area contributed by atoms with Crippen molar-refractivity contribution in [3.05, 3.63) is 58.1 Å². The highest BCUT2D eigenvalue weighted by Gasteiger charge is 2.11. The molecular weight excluding hydrogens is 394 g/mol. The number of carbonyl (C=O) groups is 2. The van der Waals surface area contributed by atoms with E-state index in [-0.39, 0.29) is 11.0 Å². The van der Waals surface area contributed by atoms with Crippen LogP contribution in [0.4, 0.5) is 5.69 Å². The number of amides is 2. The molecular formula is C16H14BrN3O3S. The lowest BCUT2D eigenvalue weighted by Gasteiger charge is -2.11. The Balaban J connectivity index is 2.04. The molecule has 6 nitrogen and oxygen atoms in total. The van der Waals surface area contributed by atoms with Crippen LogP contribution in [-0.2, 0) is 0 Å². The van der Waals surface area contributed by atoms with Crippen molar-refractivity contribution in [1.29, 1.82) is 0 Å². The number of ether oxygens (including phenoxy) is 1. The van der Waals surface area contributed by atoms with E-state index in [0.29, 0.717) is 27.0 Å². The molecule has 0 aliphatic heterocycles. The van der Waals surface area contributed by atoms with E-state index in [1.807, 2.05) is 0 Å². The van der Waals surface area contributed by atoms with E-state index in [0.717, 1.165) is 0 Å². The van der Waals surface area contributed by atoms with Crippen LogP contribution in [0.25, 0.3) is 0 Å². The maximum atomic E-state index is 12.2. The number of thiocarbonyl (C=S) groups is 1. The SMILES string of the molecule is COc1ccc(C(=O)NC(=S)Nc2cccc(C(N)=O)c2)cc1Br. The molecule has 0 atom stereocenters. The van der Waals surface area contributed by atoms with Crippen LogP contribution in [0, 0.1) is 0 Å².